The summed E-state index contributed by atoms with van der Waals surface area (Å²) in [5, 5.41) is 2.62. The van der Waals surface area contributed by atoms with Gasteiger partial charge in [0.1, 0.15) is 0 Å². The summed E-state index contributed by atoms with van der Waals surface area (Å²) in [6, 6.07) is 27.0. The highest BCUT2D eigenvalue weighted by Crippen LogP contribution is 2.11. The minimum Gasteiger partial charge on any atom is -0.0871 e. The Kier molecular flexibility index (Phi) is 4.95. The Hall–Kier alpha value is -2.34. The Morgan fingerprint density at radius 2 is 1.00 bits per heavy atom. The SMILES string of the molecule is CC=Cc1ccccc1.c1ccc2ccccc2c1. The van der Waals surface area contributed by atoms with Gasteiger partial charge in [0, 0.05) is 0 Å². The van der Waals surface area contributed by atoms with Gasteiger partial charge < -0.3 is 0 Å². The van der Waals surface area contributed by atoms with Gasteiger partial charge in [0.25, 0.3) is 0 Å². The van der Waals surface area contributed by atoms with Crippen molar-refractivity contribution in [2.75, 3.05) is 0 Å². The molecule has 0 aliphatic rings. The summed E-state index contributed by atoms with van der Waals surface area (Å²) in [6.07, 6.45) is 4.12. The molecule has 0 saturated heterocycles. The lowest BCUT2D eigenvalue weighted by atomic mass is 10.1. The van der Waals surface area contributed by atoms with Gasteiger partial charge in [0.05, 0.1) is 0 Å². The summed E-state index contributed by atoms with van der Waals surface area (Å²) < 4.78 is 0. The van der Waals surface area contributed by atoms with Crippen molar-refractivity contribution >= 4 is 16.8 Å². The van der Waals surface area contributed by atoms with Gasteiger partial charge in [-0.2, -0.15) is 0 Å². The van der Waals surface area contributed by atoms with Gasteiger partial charge in [-0.25, -0.2) is 0 Å². The van der Waals surface area contributed by atoms with Crippen LogP contribution in [0.3, 0.4) is 0 Å². The molecule has 0 aromatic heterocycles. The molecule has 0 spiro atoms. The molecule has 3 aromatic carbocycles. The fourth-order valence-electron chi connectivity index (χ4n) is 1.89. The highest BCUT2D eigenvalue weighted by Gasteiger charge is 1.85. The third-order valence-corrected chi connectivity index (χ3v) is 2.82. The molecular formula is C19H18. The van der Waals surface area contributed by atoms with Crippen LogP contribution in [-0.2, 0) is 0 Å². The van der Waals surface area contributed by atoms with Crippen LogP contribution in [0.15, 0.2) is 84.9 Å². The molecule has 0 heteroatoms. The van der Waals surface area contributed by atoms with Gasteiger partial charge in [-0.15, -0.1) is 0 Å². The highest BCUT2D eigenvalue weighted by atomic mass is 13.9. The fraction of sp³-hybridized carbons (Fsp3) is 0.0526. The zero-order valence-electron chi connectivity index (χ0n) is 11.2. The van der Waals surface area contributed by atoms with Gasteiger partial charge in [-0.1, -0.05) is 91.0 Å². The number of benzene rings is 3. The Morgan fingerprint density at radius 3 is 1.42 bits per heavy atom. The largest absolute Gasteiger partial charge is 0.0871 e. The molecule has 94 valence electrons. The van der Waals surface area contributed by atoms with Crippen LogP contribution in [0.5, 0.6) is 0 Å². The monoisotopic (exact) mass is 246 g/mol. The van der Waals surface area contributed by atoms with Crippen LogP contribution >= 0.6 is 0 Å². The van der Waals surface area contributed by atoms with E-state index in [1.165, 1.54) is 16.3 Å². The van der Waals surface area contributed by atoms with E-state index in [9.17, 15) is 0 Å². The van der Waals surface area contributed by atoms with Gasteiger partial charge in [0.15, 0.2) is 0 Å². The van der Waals surface area contributed by atoms with E-state index in [4.69, 9.17) is 0 Å². The summed E-state index contributed by atoms with van der Waals surface area (Å²) in [6.45, 7) is 2.02. The summed E-state index contributed by atoms with van der Waals surface area (Å²) >= 11 is 0. The normalized spacial score (nSPS) is 10.2. The maximum absolute atomic E-state index is 2.12. The number of rotatable bonds is 1. The van der Waals surface area contributed by atoms with Crippen LogP contribution in [-0.4, -0.2) is 0 Å². The first-order valence-corrected chi connectivity index (χ1v) is 6.51. The van der Waals surface area contributed by atoms with Crippen molar-refractivity contribution < 1.29 is 0 Å². The Bertz CT molecular complexity index is 571. The molecule has 0 aliphatic heterocycles. The molecule has 0 bridgehead atoms. The Labute approximate surface area is 115 Å². The average Bonchev–Trinajstić information content (AvgIpc) is 2.50. The predicted molar refractivity (Wildman–Crippen MR) is 85.1 cm³/mol. The second-order valence-corrected chi connectivity index (χ2v) is 4.26. The molecule has 0 atom stereocenters. The number of hydrogen-bond donors (Lipinski definition) is 0. The van der Waals surface area contributed by atoms with Crippen molar-refractivity contribution in [2.24, 2.45) is 0 Å². The van der Waals surface area contributed by atoms with E-state index < -0.39 is 0 Å². The van der Waals surface area contributed by atoms with E-state index in [0.29, 0.717) is 0 Å². The molecule has 0 saturated carbocycles. The minimum absolute atomic E-state index is 1.26. The van der Waals surface area contributed by atoms with Crippen LogP contribution in [0.25, 0.3) is 16.8 Å². The molecule has 0 N–H and O–H groups in total. The molecule has 19 heavy (non-hydrogen) atoms. The van der Waals surface area contributed by atoms with Crippen LogP contribution in [0.4, 0.5) is 0 Å². The molecule has 0 heterocycles. The van der Waals surface area contributed by atoms with Gasteiger partial charge in [-0.3, -0.25) is 0 Å². The third kappa shape index (κ3) is 4.11. The first-order valence-electron chi connectivity index (χ1n) is 6.51. The van der Waals surface area contributed by atoms with Crippen molar-refractivity contribution in [3.05, 3.63) is 90.5 Å². The predicted octanol–water partition coefficient (Wildman–Crippen LogP) is 5.56. The average molecular weight is 246 g/mol. The fourth-order valence-corrected chi connectivity index (χ4v) is 1.89. The third-order valence-electron chi connectivity index (χ3n) is 2.82. The standard InChI is InChI=1S/C10H8.C9H10/c1-2-6-10-8-4-3-7-9(10)5-1;1-2-6-9-7-4-3-5-8-9/h1-8H;2-8H,1H3. The maximum Gasteiger partial charge on any atom is -0.0184 e. The summed E-state index contributed by atoms with van der Waals surface area (Å²) in [4.78, 5) is 0. The summed E-state index contributed by atoms with van der Waals surface area (Å²) in [5.74, 6) is 0. The summed E-state index contributed by atoms with van der Waals surface area (Å²) in [7, 11) is 0. The zero-order valence-corrected chi connectivity index (χ0v) is 11.2. The maximum atomic E-state index is 2.12. The second-order valence-electron chi connectivity index (χ2n) is 4.26. The smallest absolute Gasteiger partial charge is 0.0184 e. The molecule has 3 aromatic rings. The molecule has 0 nitrogen and oxygen atoms in total. The molecule has 0 unspecified atom stereocenters. The lowest BCUT2D eigenvalue weighted by Crippen LogP contribution is -1.67. The molecule has 0 fully saturated rings. The van der Waals surface area contributed by atoms with E-state index >= 15 is 0 Å². The quantitative estimate of drug-likeness (QED) is 0.527. The lowest BCUT2D eigenvalue weighted by Gasteiger charge is -1.92. The van der Waals surface area contributed by atoms with Crippen molar-refractivity contribution in [1.82, 2.24) is 0 Å². The number of allylic oxidation sites excluding steroid dienone is 1. The number of fused-ring (bicyclic) bond motifs is 1. The van der Waals surface area contributed by atoms with Crippen molar-refractivity contribution in [3.63, 3.8) is 0 Å². The topological polar surface area (TPSA) is 0 Å². The lowest BCUT2D eigenvalue weighted by molar-refractivity contribution is 1.64. The van der Waals surface area contributed by atoms with Crippen LogP contribution < -0.4 is 0 Å². The van der Waals surface area contributed by atoms with E-state index in [-0.39, 0.29) is 0 Å². The van der Waals surface area contributed by atoms with E-state index in [2.05, 4.69) is 66.7 Å². The Morgan fingerprint density at radius 1 is 0.579 bits per heavy atom. The van der Waals surface area contributed by atoms with Gasteiger partial charge >= 0.3 is 0 Å². The van der Waals surface area contributed by atoms with Gasteiger partial charge in [-0.05, 0) is 23.3 Å². The summed E-state index contributed by atoms with van der Waals surface area (Å²) in [5.41, 5.74) is 1.26. The van der Waals surface area contributed by atoms with Gasteiger partial charge in [0.2, 0.25) is 0 Å². The molecule has 0 amide bonds. The molecule has 0 aliphatic carbocycles. The second kappa shape index (κ2) is 7.17. The van der Waals surface area contributed by atoms with Crippen molar-refractivity contribution in [2.45, 2.75) is 6.92 Å². The van der Waals surface area contributed by atoms with E-state index in [1.807, 2.05) is 31.2 Å². The molecule has 0 radical (unpaired) electrons. The van der Waals surface area contributed by atoms with E-state index in [1.54, 1.807) is 0 Å². The zero-order chi connectivity index (χ0) is 13.3. The molecular weight excluding hydrogens is 228 g/mol. The Balaban J connectivity index is 0.000000141. The molecule has 3 rings (SSSR count). The van der Waals surface area contributed by atoms with Crippen molar-refractivity contribution in [1.29, 1.82) is 0 Å². The first kappa shape index (κ1) is 13.1. The van der Waals surface area contributed by atoms with Crippen LogP contribution in [0, 0.1) is 0 Å². The number of hydrogen-bond acceptors (Lipinski definition) is 0. The minimum atomic E-state index is 1.26. The van der Waals surface area contributed by atoms with Crippen LogP contribution in [0.1, 0.15) is 12.5 Å². The first-order chi connectivity index (χ1) is 9.40. The van der Waals surface area contributed by atoms with Crippen LogP contribution in [0.2, 0.25) is 0 Å². The van der Waals surface area contributed by atoms with E-state index in [0.717, 1.165) is 0 Å². The van der Waals surface area contributed by atoms with Crippen molar-refractivity contribution in [3.8, 4) is 0 Å². The highest BCUT2D eigenvalue weighted by molar-refractivity contribution is 5.81.